The highest BCUT2D eigenvalue weighted by atomic mass is 16.3. The van der Waals surface area contributed by atoms with Gasteiger partial charge in [-0.25, -0.2) is 0 Å². The van der Waals surface area contributed by atoms with Crippen molar-refractivity contribution in [1.82, 2.24) is 95.3 Å². The van der Waals surface area contributed by atoms with Gasteiger partial charge in [0.1, 0.15) is 92.6 Å². The number of aliphatic hydroxyl groups excluding tert-OH is 2. The Labute approximate surface area is 714 Å². The third-order valence-electron chi connectivity index (χ3n) is 19.8. The van der Waals surface area contributed by atoms with E-state index in [1.54, 1.807) is 55.4 Å². The summed E-state index contributed by atoms with van der Waals surface area (Å²) in [6.45, 7) is 35.6. The lowest BCUT2D eigenvalue weighted by Gasteiger charge is -2.35. The zero-order chi connectivity index (χ0) is 94.8. The van der Waals surface area contributed by atoms with Gasteiger partial charge in [0.15, 0.2) is 0 Å². The van der Waals surface area contributed by atoms with Crippen molar-refractivity contribution in [2.24, 2.45) is 35.1 Å². The average Bonchev–Trinajstić information content (AvgIpc) is 0.830. The molecule has 1 heterocycles. The first-order chi connectivity index (χ1) is 55.5. The number of nitrogens with two attached hydrogens (primary N) is 2. The van der Waals surface area contributed by atoms with E-state index in [4.69, 9.17) is 11.5 Å². The molecule has 0 aromatic carbocycles. The van der Waals surface area contributed by atoms with Gasteiger partial charge in [-0.15, -0.1) is 0 Å². The fraction of sp³-hybridized carbons (Fsp3) is 0.750. The van der Waals surface area contributed by atoms with Crippen LogP contribution < -0.4 is 102 Å². The van der Waals surface area contributed by atoms with Crippen LogP contribution >= 0.6 is 0 Å². The van der Waals surface area contributed by atoms with E-state index in [0.717, 1.165) is 0 Å². The Morgan fingerprint density at radius 1 is 0.361 bits per heavy atom. The van der Waals surface area contributed by atoms with Gasteiger partial charge < -0.3 is 117 Å². The smallest absolute Gasteiger partial charge is 0.248 e. The number of carbonyl (C=O) groups excluding carboxylic acids is 20. The quantitative estimate of drug-likeness (QED) is 0.0273. The number of rotatable bonds is 49. The second kappa shape index (κ2) is 46.0. The second-order valence-corrected chi connectivity index (χ2v) is 37.0. The Kier molecular flexibility index (Phi) is 41.2. The van der Waals surface area contributed by atoms with Gasteiger partial charge in [-0.05, 0) is 186 Å². The van der Waals surface area contributed by atoms with Gasteiger partial charge in [-0.1, -0.05) is 55.4 Å². The summed E-state index contributed by atoms with van der Waals surface area (Å²) in [5, 5.41) is 62.7. The predicted molar refractivity (Wildman–Crippen MR) is 447 cm³/mol. The van der Waals surface area contributed by atoms with Crippen molar-refractivity contribution in [2.45, 2.75) is 336 Å². The molecule has 0 spiro atoms. The maximum atomic E-state index is 14.5. The molecule has 0 aromatic heterocycles. The molecule has 1 fully saturated rings. The van der Waals surface area contributed by atoms with Gasteiger partial charge in [0.2, 0.25) is 118 Å². The highest BCUT2D eigenvalue weighted by Gasteiger charge is 2.47. The van der Waals surface area contributed by atoms with Crippen molar-refractivity contribution >= 4 is 118 Å². The summed E-state index contributed by atoms with van der Waals surface area (Å²) in [7, 11) is 0. The van der Waals surface area contributed by atoms with Crippen LogP contribution in [0.15, 0.2) is 0 Å². The molecular weight excluding hydrogens is 1590 g/mol. The molecule has 42 nitrogen and oxygen atoms in total. The number of amides is 20. The summed E-state index contributed by atoms with van der Waals surface area (Å²) in [6, 6.07) is -11.6. The molecule has 0 radical (unpaired) electrons. The molecule has 23 N–H and O–H groups in total. The van der Waals surface area contributed by atoms with Crippen molar-refractivity contribution in [1.29, 1.82) is 0 Å². The summed E-state index contributed by atoms with van der Waals surface area (Å²) in [4.78, 5) is 272. The average molecular weight is 1730 g/mol. The third kappa shape index (κ3) is 35.4. The van der Waals surface area contributed by atoms with Gasteiger partial charge in [0, 0.05) is 26.3 Å². The lowest BCUT2D eigenvalue weighted by Crippen LogP contribution is -2.66. The van der Waals surface area contributed by atoms with Crippen LogP contribution in [0, 0.1) is 23.7 Å². The number of likely N-dealkylation sites (tertiary alicyclic amines) is 1. The Morgan fingerprint density at radius 2 is 0.689 bits per heavy atom. The van der Waals surface area contributed by atoms with E-state index in [-0.39, 0.29) is 68.7 Å². The summed E-state index contributed by atoms with van der Waals surface area (Å²) < 4.78 is 0. The molecule has 0 aliphatic carbocycles. The van der Waals surface area contributed by atoms with Gasteiger partial charge in [-0.2, -0.15) is 0 Å². The lowest BCUT2D eigenvalue weighted by molar-refractivity contribution is -0.145. The normalized spacial score (nSPS) is 15.4. The molecule has 1 rings (SSSR count). The minimum atomic E-state index is -1.90. The molecular formula is C80H140N20O22. The molecule has 1 aliphatic rings. The van der Waals surface area contributed by atoms with Crippen LogP contribution in [-0.2, 0) is 95.9 Å². The monoisotopic (exact) mass is 1730 g/mol. The van der Waals surface area contributed by atoms with Gasteiger partial charge in [0.25, 0.3) is 0 Å². The number of hydrogen-bond acceptors (Lipinski definition) is 22. The number of aliphatic hydroxyl groups is 2. The maximum Gasteiger partial charge on any atom is 0.248 e. The number of carbonyl (C=O) groups is 20. The Morgan fingerprint density at radius 3 is 1.07 bits per heavy atom. The van der Waals surface area contributed by atoms with Crippen LogP contribution in [0.3, 0.4) is 0 Å². The van der Waals surface area contributed by atoms with E-state index >= 15 is 0 Å². The van der Waals surface area contributed by atoms with Crippen molar-refractivity contribution in [3.8, 4) is 0 Å². The SMILES string of the molecule is CC(=O)NC(C)(C)C(=O)NC(CO)C(=O)NC(C)C(=O)NC(C)(C)C(=O)NC(C)(C)C(=O)NC(CCC(N)=O)C(=O)NC(C)(C)C(=O)NC(CC(C)C)C(=O)NC(C)(C)C(=O)NCC(=O)NC(CC(C)C)C(=O)NC(C)(C)C(=O)N1CCCC1C(=O)NC(CC(C)C)C(=O)NC(C)(C)C(=O)NC(C)(C)C(=O)NC(CCC(N)=O)C(=O)NC(CO)C(C)C. The first-order valence-electron chi connectivity index (χ1n) is 40.9. The summed E-state index contributed by atoms with van der Waals surface area (Å²) >= 11 is 0. The topological polar surface area (TPSA) is 642 Å². The van der Waals surface area contributed by atoms with Crippen LogP contribution in [0.2, 0.25) is 0 Å². The number of nitrogens with zero attached hydrogens (tertiary/aromatic N) is 1. The van der Waals surface area contributed by atoms with Crippen LogP contribution in [-0.4, -0.2) is 258 Å². The van der Waals surface area contributed by atoms with Crippen molar-refractivity contribution in [2.75, 3.05) is 26.3 Å². The number of nitrogens with one attached hydrogen (secondary N) is 17. The number of hydrogen-bond donors (Lipinski definition) is 21. The summed E-state index contributed by atoms with van der Waals surface area (Å²) in [5.41, 5.74) is -3.35. The second-order valence-electron chi connectivity index (χ2n) is 37.0. The summed E-state index contributed by atoms with van der Waals surface area (Å²) in [6.07, 6.45) is -0.820. The molecule has 0 aromatic rings. The minimum Gasteiger partial charge on any atom is -0.394 e. The molecule has 0 saturated carbocycles. The first kappa shape index (κ1) is 109. The van der Waals surface area contributed by atoms with Crippen molar-refractivity contribution in [3.63, 3.8) is 0 Å². The third-order valence-corrected chi connectivity index (χ3v) is 19.8. The fourth-order valence-corrected chi connectivity index (χ4v) is 12.2. The molecule has 9 unspecified atom stereocenters. The molecule has 692 valence electrons. The van der Waals surface area contributed by atoms with E-state index in [1.807, 2.05) is 0 Å². The number of primary amides is 2. The largest absolute Gasteiger partial charge is 0.394 e. The highest BCUT2D eigenvalue weighted by Crippen LogP contribution is 2.25. The minimum absolute atomic E-state index is 0.0281. The van der Waals surface area contributed by atoms with Crippen LogP contribution in [0.5, 0.6) is 0 Å². The highest BCUT2D eigenvalue weighted by molar-refractivity contribution is 6.04. The van der Waals surface area contributed by atoms with E-state index < -0.39 is 249 Å². The Hall–Kier alpha value is -10.7. The zero-order valence-corrected chi connectivity index (χ0v) is 75.9. The Bertz CT molecular complexity index is 3830. The lowest BCUT2D eigenvalue weighted by atomic mass is 9.96. The fourth-order valence-electron chi connectivity index (χ4n) is 12.2. The molecule has 42 heteroatoms. The van der Waals surface area contributed by atoms with E-state index in [0.29, 0.717) is 6.42 Å². The predicted octanol–water partition coefficient (Wildman–Crippen LogP) is -4.52. The van der Waals surface area contributed by atoms with Crippen LogP contribution in [0.1, 0.15) is 238 Å². The van der Waals surface area contributed by atoms with E-state index in [9.17, 15) is 106 Å². The molecule has 0 bridgehead atoms. The van der Waals surface area contributed by atoms with Gasteiger partial charge in [0.05, 0.1) is 25.8 Å². The van der Waals surface area contributed by atoms with Gasteiger partial charge >= 0.3 is 0 Å². The van der Waals surface area contributed by atoms with Crippen LogP contribution in [0.4, 0.5) is 0 Å². The van der Waals surface area contributed by atoms with Crippen molar-refractivity contribution < 1.29 is 106 Å². The maximum absolute atomic E-state index is 14.5. The van der Waals surface area contributed by atoms with E-state index in [2.05, 4.69) is 90.4 Å². The standard InChI is InChI=1S/C80H140N20O22/c1-40(2)34-48(61(111)97-80(25,26)72(122)100-33-27-28-53(100)64(114)86-49(35-41(3)4)62(112)96-79(23,24)71(121)99-76(17,18)68(118)88-46(29-31-54(81)104)58(108)87-51(38-101)43(7)8)85-56(106)37-83-65(115)73(11,12)95-63(113)50(36-42(5)6)90-67(117)75(15,16)94-60(110)47(30-32-55(82)105)89-69(119)77(19,20)98-70(120)78(21,22)93-57(107)44(9)84-59(109)52(39-102)91-66(116)74(13,14)92-45(10)103/h40-44,46-53,101-102H,27-39H2,1-26H3,(H2,81,104)(H2,82,105)(H,83,115)(H,84,109)(H,85,106)(H,86,114)(H,87,108)(H,88,118)(H,89,119)(H,90,117)(H,91,116)(H,92,103)(H,93,107)(H,94,110)(H,95,113)(H,96,112)(H,97,111)(H,98,120)(H,99,121). The van der Waals surface area contributed by atoms with Gasteiger partial charge in [-0.3, -0.25) is 95.9 Å². The molecule has 122 heavy (non-hydrogen) atoms. The molecule has 20 amide bonds. The molecule has 9 atom stereocenters. The van der Waals surface area contributed by atoms with Crippen molar-refractivity contribution in [3.05, 3.63) is 0 Å². The molecule has 1 aliphatic heterocycles. The molecule has 1 saturated heterocycles. The van der Waals surface area contributed by atoms with E-state index in [1.165, 1.54) is 130 Å². The Balaban J connectivity index is 3.24. The van der Waals surface area contributed by atoms with Crippen LogP contribution in [0.25, 0.3) is 0 Å². The zero-order valence-electron chi connectivity index (χ0n) is 75.9. The summed E-state index contributed by atoms with van der Waals surface area (Å²) in [5.74, 6) is -17.8. The first-order valence-corrected chi connectivity index (χ1v) is 40.9.